The van der Waals surface area contributed by atoms with Gasteiger partial charge >= 0.3 is 0 Å². The highest BCUT2D eigenvalue weighted by Gasteiger charge is 2.10. The number of hydrogen-bond donors (Lipinski definition) is 2. The lowest BCUT2D eigenvalue weighted by molar-refractivity contribution is -0.116. The monoisotopic (exact) mass is 380 g/mol. The standard InChI is InChI=1S/C22H24N2O4/c1-13-9-16-11-15(22(26)24-18(16)10-14(13)2)5-8-21(25)23-17-6-7-19(27-3)20(12-17)28-4/h6-7,9-12H,5,8H2,1-4H3,(H,23,25)(H,24,26). The molecule has 2 aromatic carbocycles. The van der Waals surface area contributed by atoms with E-state index in [1.807, 2.05) is 32.0 Å². The number of benzene rings is 2. The average Bonchev–Trinajstić information content (AvgIpc) is 2.67. The van der Waals surface area contributed by atoms with Crippen LogP contribution in [0.3, 0.4) is 0 Å². The maximum Gasteiger partial charge on any atom is 0.251 e. The number of ether oxygens (including phenoxy) is 2. The zero-order chi connectivity index (χ0) is 20.3. The highest BCUT2D eigenvalue weighted by atomic mass is 16.5. The molecule has 1 amide bonds. The number of hydrogen-bond acceptors (Lipinski definition) is 4. The largest absolute Gasteiger partial charge is 0.493 e. The summed E-state index contributed by atoms with van der Waals surface area (Å²) in [6, 6.07) is 11.1. The van der Waals surface area contributed by atoms with Crippen LogP contribution in [0.1, 0.15) is 23.1 Å². The molecule has 0 aliphatic rings. The second-order valence-electron chi connectivity index (χ2n) is 6.77. The first kappa shape index (κ1) is 19.5. The number of pyridine rings is 1. The van der Waals surface area contributed by atoms with Gasteiger partial charge in [-0.3, -0.25) is 9.59 Å². The van der Waals surface area contributed by atoms with Crippen LogP contribution in [0.2, 0.25) is 0 Å². The summed E-state index contributed by atoms with van der Waals surface area (Å²) in [5, 5.41) is 3.80. The first-order valence-electron chi connectivity index (χ1n) is 9.06. The number of aromatic nitrogens is 1. The Labute approximate surface area is 163 Å². The van der Waals surface area contributed by atoms with Crippen LogP contribution in [-0.4, -0.2) is 25.1 Å². The first-order chi connectivity index (χ1) is 13.4. The zero-order valence-electron chi connectivity index (χ0n) is 16.5. The van der Waals surface area contributed by atoms with Crippen molar-refractivity contribution < 1.29 is 14.3 Å². The first-order valence-corrected chi connectivity index (χ1v) is 9.06. The normalized spacial score (nSPS) is 10.7. The Hall–Kier alpha value is -3.28. The van der Waals surface area contributed by atoms with E-state index in [9.17, 15) is 9.59 Å². The molecule has 1 aromatic heterocycles. The minimum absolute atomic E-state index is 0.158. The van der Waals surface area contributed by atoms with Crippen molar-refractivity contribution in [1.29, 1.82) is 0 Å². The molecule has 0 unspecified atom stereocenters. The van der Waals surface area contributed by atoms with E-state index in [0.717, 1.165) is 22.0 Å². The van der Waals surface area contributed by atoms with Gasteiger partial charge in [-0.05, 0) is 67.1 Å². The van der Waals surface area contributed by atoms with Crippen LogP contribution in [0.15, 0.2) is 41.2 Å². The van der Waals surface area contributed by atoms with Crippen LogP contribution in [0.25, 0.3) is 10.9 Å². The number of H-pyrrole nitrogens is 1. The Bertz CT molecular complexity index is 1090. The molecule has 0 aliphatic heterocycles. The fraction of sp³-hybridized carbons (Fsp3) is 0.273. The summed E-state index contributed by atoms with van der Waals surface area (Å²) in [6.45, 7) is 4.05. The fourth-order valence-electron chi connectivity index (χ4n) is 3.09. The van der Waals surface area contributed by atoms with Gasteiger partial charge in [0.05, 0.1) is 14.2 Å². The predicted molar refractivity (Wildman–Crippen MR) is 111 cm³/mol. The molecule has 0 spiro atoms. The van der Waals surface area contributed by atoms with Gasteiger partial charge < -0.3 is 19.8 Å². The quantitative estimate of drug-likeness (QED) is 0.683. The van der Waals surface area contributed by atoms with Gasteiger partial charge in [0, 0.05) is 29.3 Å². The van der Waals surface area contributed by atoms with E-state index in [-0.39, 0.29) is 17.9 Å². The molecule has 0 fully saturated rings. The molecule has 0 atom stereocenters. The van der Waals surface area contributed by atoms with E-state index in [1.165, 1.54) is 0 Å². The van der Waals surface area contributed by atoms with Crippen molar-refractivity contribution in [3.63, 3.8) is 0 Å². The number of aromatic amines is 1. The number of methoxy groups -OCH3 is 2. The summed E-state index contributed by atoms with van der Waals surface area (Å²) < 4.78 is 10.4. The predicted octanol–water partition coefficient (Wildman–Crippen LogP) is 3.73. The van der Waals surface area contributed by atoms with Crippen molar-refractivity contribution in [2.45, 2.75) is 26.7 Å². The van der Waals surface area contributed by atoms with Crippen molar-refractivity contribution >= 4 is 22.5 Å². The third-order valence-corrected chi connectivity index (χ3v) is 4.82. The van der Waals surface area contributed by atoms with E-state index in [1.54, 1.807) is 32.4 Å². The van der Waals surface area contributed by atoms with Crippen LogP contribution in [0.4, 0.5) is 5.69 Å². The molecule has 0 saturated carbocycles. The van der Waals surface area contributed by atoms with Crippen molar-refractivity contribution in [1.82, 2.24) is 4.98 Å². The Morgan fingerprint density at radius 2 is 1.71 bits per heavy atom. The summed E-state index contributed by atoms with van der Waals surface area (Å²) in [5.74, 6) is 0.956. The highest BCUT2D eigenvalue weighted by Crippen LogP contribution is 2.29. The topological polar surface area (TPSA) is 80.4 Å². The molecule has 0 saturated heterocycles. The molecule has 3 aromatic rings. The molecular weight excluding hydrogens is 356 g/mol. The maximum atomic E-state index is 12.3. The Kier molecular flexibility index (Phi) is 5.68. The average molecular weight is 380 g/mol. The van der Waals surface area contributed by atoms with Gasteiger partial charge in [-0.15, -0.1) is 0 Å². The number of rotatable bonds is 6. The summed E-state index contributed by atoms with van der Waals surface area (Å²) in [4.78, 5) is 27.6. The van der Waals surface area contributed by atoms with Gasteiger partial charge in [-0.2, -0.15) is 0 Å². The minimum Gasteiger partial charge on any atom is -0.493 e. The van der Waals surface area contributed by atoms with E-state index < -0.39 is 0 Å². The van der Waals surface area contributed by atoms with Crippen LogP contribution < -0.4 is 20.3 Å². The lowest BCUT2D eigenvalue weighted by Gasteiger charge is -2.11. The second-order valence-corrected chi connectivity index (χ2v) is 6.77. The molecule has 0 radical (unpaired) electrons. The third-order valence-electron chi connectivity index (χ3n) is 4.82. The van der Waals surface area contributed by atoms with Gasteiger partial charge in [-0.1, -0.05) is 0 Å². The molecule has 6 heteroatoms. The van der Waals surface area contributed by atoms with Crippen molar-refractivity contribution in [2.24, 2.45) is 0 Å². The molecular formula is C22H24N2O4. The van der Waals surface area contributed by atoms with Crippen molar-refractivity contribution in [2.75, 3.05) is 19.5 Å². The molecule has 1 heterocycles. The van der Waals surface area contributed by atoms with Gasteiger partial charge in [0.25, 0.3) is 5.56 Å². The lowest BCUT2D eigenvalue weighted by atomic mass is 10.0. The number of carbonyl (C=O) groups is 1. The van der Waals surface area contributed by atoms with Crippen molar-refractivity contribution in [3.8, 4) is 11.5 Å². The van der Waals surface area contributed by atoms with Gasteiger partial charge in [0.2, 0.25) is 5.91 Å². The summed E-state index contributed by atoms with van der Waals surface area (Å²) in [5.41, 5.74) is 4.16. The van der Waals surface area contributed by atoms with Crippen LogP contribution in [0, 0.1) is 13.8 Å². The Morgan fingerprint density at radius 3 is 2.43 bits per heavy atom. The van der Waals surface area contributed by atoms with E-state index >= 15 is 0 Å². The molecule has 6 nitrogen and oxygen atoms in total. The number of fused-ring (bicyclic) bond motifs is 1. The van der Waals surface area contributed by atoms with Crippen LogP contribution in [0.5, 0.6) is 11.5 Å². The van der Waals surface area contributed by atoms with E-state index in [2.05, 4.69) is 10.3 Å². The molecule has 146 valence electrons. The van der Waals surface area contributed by atoms with E-state index in [0.29, 0.717) is 29.2 Å². The van der Waals surface area contributed by atoms with Gasteiger partial charge in [0.1, 0.15) is 0 Å². The molecule has 28 heavy (non-hydrogen) atoms. The highest BCUT2D eigenvalue weighted by molar-refractivity contribution is 5.91. The summed E-state index contributed by atoms with van der Waals surface area (Å²) in [7, 11) is 3.10. The molecule has 0 aliphatic carbocycles. The molecule has 2 N–H and O–H groups in total. The number of anilines is 1. The van der Waals surface area contributed by atoms with Crippen LogP contribution in [-0.2, 0) is 11.2 Å². The number of aryl methyl sites for hydroxylation is 3. The zero-order valence-corrected chi connectivity index (χ0v) is 16.5. The fourth-order valence-corrected chi connectivity index (χ4v) is 3.09. The Balaban J connectivity index is 1.71. The minimum atomic E-state index is -0.174. The SMILES string of the molecule is COc1ccc(NC(=O)CCc2cc3cc(C)c(C)cc3[nH]c2=O)cc1OC. The van der Waals surface area contributed by atoms with Gasteiger partial charge in [-0.25, -0.2) is 0 Å². The number of amides is 1. The summed E-state index contributed by atoms with van der Waals surface area (Å²) >= 11 is 0. The maximum absolute atomic E-state index is 12.3. The number of carbonyl (C=O) groups excluding carboxylic acids is 1. The smallest absolute Gasteiger partial charge is 0.251 e. The molecule has 3 rings (SSSR count). The lowest BCUT2D eigenvalue weighted by Crippen LogP contribution is -2.17. The third kappa shape index (κ3) is 4.17. The van der Waals surface area contributed by atoms with Crippen LogP contribution >= 0.6 is 0 Å². The Morgan fingerprint density at radius 1 is 1.00 bits per heavy atom. The summed E-state index contributed by atoms with van der Waals surface area (Å²) in [6.07, 6.45) is 0.561. The van der Waals surface area contributed by atoms with Gasteiger partial charge in [0.15, 0.2) is 11.5 Å². The van der Waals surface area contributed by atoms with Crippen molar-refractivity contribution in [3.05, 3.63) is 63.4 Å². The van der Waals surface area contributed by atoms with E-state index in [4.69, 9.17) is 9.47 Å². The second kappa shape index (κ2) is 8.17. The number of nitrogens with one attached hydrogen (secondary N) is 2. The molecule has 0 bridgehead atoms.